The standard InChI is InChI=1S/C13H11N3/c1-10-8-14-9-15-13(10)16-7-6-11-4-2-3-5-12(11)16/h2-9H,1H3. The van der Waals surface area contributed by atoms with Gasteiger partial charge in [-0.15, -0.1) is 0 Å². The molecule has 0 saturated carbocycles. The Hall–Kier alpha value is -2.16. The Bertz CT molecular complexity index is 640. The summed E-state index contributed by atoms with van der Waals surface area (Å²) in [7, 11) is 0. The molecule has 16 heavy (non-hydrogen) atoms. The summed E-state index contributed by atoms with van der Waals surface area (Å²) in [6, 6.07) is 10.4. The average molecular weight is 209 g/mol. The van der Waals surface area contributed by atoms with Crippen molar-refractivity contribution in [2.24, 2.45) is 0 Å². The fraction of sp³-hybridized carbons (Fsp3) is 0.0769. The zero-order valence-corrected chi connectivity index (χ0v) is 8.96. The lowest BCUT2D eigenvalue weighted by Crippen LogP contribution is -1.99. The van der Waals surface area contributed by atoms with Crippen LogP contribution in [0.25, 0.3) is 16.7 Å². The minimum Gasteiger partial charge on any atom is -0.301 e. The molecule has 1 aromatic carbocycles. The normalized spacial score (nSPS) is 10.8. The highest BCUT2D eigenvalue weighted by Crippen LogP contribution is 2.20. The Morgan fingerprint density at radius 3 is 2.88 bits per heavy atom. The van der Waals surface area contributed by atoms with Gasteiger partial charge in [-0.1, -0.05) is 18.2 Å². The van der Waals surface area contributed by atoms with E-state index in [-0.39, 0.29) is 0 Å². The van der Waals surface area contributed by atoms with Crippen LogP contribution < -0.4 is 0 Å². The van der Waals surface area contributed by atoms with Crippen LogP contribution in [-0.4, -0.2) is 14.5 Å². The number of benzene rings is 1. The van der Waals surface area contributed by atoms with E-state index >= 15 is 0 Å². The van der Waals surface area contributed by atoms with E-state index in [9.17, 15) is 0 Å². The van der Waals surface area contributed by atoms with Crippen LogP contribution in [0.2, 0.25) is 0 Å². The predicted molar refractivity (Wildman–Crippen MR) is 63.6 cm³/mol. The van der Waals surface area contributed by atoms with Crippen molar-refractivity contribution in [2.75, 3.05) is 0 Å². The molecule has 0 aliphatic rings. The minimum atomic E-state index is 0.941. The van der Waals surface area contributed by atoms with Crippen LogP contribution >= 0.6 is 0 Å². The van der Waals surface area contributed by atoms with Crippen molar-refractivity contribution in [3.63, 3.8) is 0 Å². The molecule has 3 heteroatoms. The Balaban J connectivity index is 2.31. The third kappa shape index (κ3) is 1.29. The van der Waals surface area contributed by atoms with Crippen molar-refractivity contribution >= 4 is 10.9 Å². The van der Waals surface area contributed by atoms with Crippen LogP contribution in [0.15, 0.2) is 49.1 Å². The van der Waals surface area contributed by atoms with E-state index in [1.807, 2.05) is 31.5 Å². The van der Waals surface area contributed by atoms with Gasteiger partial charge in [-0.2, -0.15) is 0 Å². The molecule has 0 radical (unpaired) electrons. The van der Waals surface area contributed by atoms with E-state index < -0.39 is 0 Å². The average Bonchev–Trinajstić information content (AvgIpc) is 2.74. The number of aryl methyl sites for hydroxylation is 1. The van der Waals surface area contributed by atoms with Gasteiger partial charge >= 0.3 is 0 Å². The van der Waals surface area contributed by atoms with Crippen molar-refractivity contribution in [3.8, 4) is 5.82 Å². The molecule has 2 heterocycles. The molecule has 0 fully saturated rings. The van der Waals surface area contributed by atoms with Crippen LogP contribution in [0.4, 0.5) is 0 Å². The second-order valence-corrected chi connectivity index (χ2v) is 3.77. The minimum absolute atomic E-state index is 0.941. The lowest BCUT2D eigenvalue weighted by Gasteiger charge is -2.06. The number of rotatable bonds is 1. The summed E-state index contributed by atoms with van der Waals surface area (Å²) >= 11 is 0. The maximum atomic E-state index is 4.32. The highest BCUT2D eigenvalue weighted by molar-refractivity contribution is 5.81. The van der Waals surface area contributed by atoms with Crippen LogP contribution in [0.3, 0.4) is 0 Å². The summed E-state index contributed by atoms with van der Waals surface area (Å²) in [5.41, 5.74) is 2.24. The van der Waals surface area contributed by atoms with Gasteiger partial charge in [0.05, 0.1) is 5.52 Å². The number of hydrogen-bond donors (Lipinski definition) is 0. The van der Waals surface area contributed by atoms with E-state index in [0.29, 0.717) is 0 Å². The summed E-state index contributed by atoms with van der Waals surface area (Å²) in [6.45, 7) is 2.02. The third-order valence-corrected chi connectivity index (χ3v) is 2.70. The van der Waals surface area contributed by atoms with Crippen molar-refractivity contribution in [1.29, 1.82) is 0 Å². The van der Waals surface area contributed by atoms with E-state index in [0.717, 1.165) is 11.4 Å². The Kier molecular flexibility index (Phi) is 1.96. The van der Waals surface area contributed by atoms with E-state index in [1.165, 1.54) is 10.9 Å². The molecule has 3 rings (SSSR count). The first-order chi connectivity index (χ1) is 7.86. The molecule has 0 saturated heterocycles. The van der Waals surface area contributed by atoms with Gasteiger partial charge in [-0.25, -0.2) is 9.97 Å². The second-order valence-electron chi connectivity index (χ2n) is 3.77. The number of aromatic nitrogens is 3. The molecule has 2 aromatic heterocycles. The van der Waals surface area contributed by atoms with Crippen molar-refractivity contribution in [3.05, 3.63) is 54.6 Å². The highest BCUT2D eigenvalue weighted by atomic mass is 15.1. The Labute approximate surface area is 93.4 Å². The fourth-order valence-electron chi connectivity index (χ4n) is 1.91. The first-order valence-electron chi connectivity index (χ1n) is 5.19. The van der Waals surface area contributed by atoms with Crippen LogP contribution in [0, 0.1) is 6.92 Å². The van der Waals surface area contributed by atoms with Gasteiger partial charge in [0.1, 0.15) is 12.1 Å². The largest absolute Gasteiger partial charge is 0.301 e. The maximum absolute atomic E-state index is 4.32. The topological polar surface area (TPSA) is 30.7 Å². The van der Waals surface area contributed by atoms with Crippen molar-refractivity contribution in [1.82, 2.24) is 14.5 Å². The monoisotopic (exact) mass is 209 g/mol. The fourth-order valence-corrected chi connectivity index (χ4v) is 1.91. The molecule has 0 aliphatic carbocycles. The zero-order chi connectivity index (χ0) is 11.0. The number of para-hydroxylation sites is 1. The molecule has 0 amide bonds. The summed E-state index contributed by atoms with van der Waals surface area (Å²) in [5, 5.41) is 1.22. The lowest BCUT2D eigenvalue weighted by atomic mass is 10.2. The summed E-state index contributed by atoms with van der Waals surface area (Å²) in [4.78, 5) is 8.33. The van der Waals surface area contributed by atoms with Gasteiger partial charge in [0.15, 0.2) is 0 Å². The molecule has 0 aliphatic heterocycles. The molecule has 0 bridgehead atoms. The lowest BCUT2D eigenvalue weighted by molar-refractivity contribution is 0.985. The van der Waals surface area contributed by atoms with E-state index in [1.54, 1.807) is 6.33 Å². The molecular formula is C13H11N3. The summed E-state index contributed by atoms with van der Waals surface area (Å²) < 4.78 is 2.09. The molecule has 0 N–H and O–H groups in total. The smallest absolute Gasteiger partial charge is 0.143 e. The molecule has 3 nitrogen and oxygen atoms in total. The van der Waals surface area contributed by atoms with Crippen molar-refractivity contribution in [2.45, 2.75) is 6.92 Å². The molecular weight excluding hydrogens is 198 g/mol. The third-order valence-electron chi connectivity index (χ3n) is 2.70. The Morgan fingerprint density at radius 2 is 2.00 bits per heavy atom. The van der Waals surface area contributed by atoms with E-state index in [4.69, 9.17) is 0 Å². The van der Waals surface area contributed by atoms with Crippen molar-refractivity contribution < 1.29 is 0 Å². The van der Waals surface area contributed by atoms with Gasteiger partial charge in [0.25, 0.3) is 0 Å². The second kappa shape index (κ2) is 3.45. The predicted octanol–water partition coefficient (Wildman–Crippen LogP) is 2.73. The first-order valence-corrected chi connectivity index (χ1v) is 5.19. The van der Waals surface area contributed by atoms with Crippen LogP contribution in [0.5, 0.6) is 0 Å². The van der Waals surface area contributed by atoms with Gasteiger partial charge in [-0.3, -0.25) is 0 Å². The maximum Gasteiger partial charge on any atom is 0.143 e. The molecule has 0 unspecified atom stereocenters. The van der Waals surface area contributed by atoms with Gasteiger partial charge in [0.2, 0.25) is 0 Å². The number of nitrogens with zero attached hydrogens (tertiary/aromatic N) is 3. The highest BCUT2D eigenvalue weighted by Gasteiger charge is 2.05. The summed E-state index contributed by atoms with van der Waals surface area (Å²) in [5.74, 6) is 0.941. The Morgan fingerprint density at radius 1 is 1.12 bits per heavy atom. The van der Waals surface area contributed by atoms with E-state index in [2.05, 4.69) is 32.7 Å². The summed E-state index contributed by atoms with van der Waals surface area (Å²) in [6.07, 6.45) is 5.45. The molecule has 0 spiro atoms. The van der Waals surface area contributed by atoms with Gasteiger partial charge < -0.3 is 4.57 Å². The number of hydrogen-bond acceptors (Lipinski definition) is 2. The van der Waals surface area contributed by atoms with Crippen LogP contribution in [0.1, 0.15) is 5.56 Å². The SMILES string of the molecule is Cc1cncnc1-n1ccc2ccccc21. The molecule has 78 valence electrons. The molecule has 0 atom stereocenters. The van der Waals surface area contributed by atoms with Gasteiger partial charge in [-0.05, 0) is 24.4 Å². The first kappa shape index (κ1) is 9.09. The quantitative estimate of drug-likeness (QED) is 0.617. The van der Waals surface area contributed by atoms with Crippen LogP contribution in [-0.2, 0) is 0 Å². The number of fused-ring (bicyclic) bond motifs is 1. The van der Waals surface area contributed by atoms with Gasteiger partial charge in [0, 0.05) is 18.0 Å². The molecule has 3 aromatic rings. The zero-order valence-electron chi connectivity index (χ0n) is 8.96.